The lowest BCUT2D eigenvalue weighted by Crippen LogP contribution is -2.57. The van der Waals surface area contributed by atoms with Gasteiger partial charge in [0, 0.05) is 24.1 Å². The van der Waals surface area contributed by atoms with Gasteiger partial charge in [-0.15, -0.1) is 0 Å². The van der Waals surface area contributed by atoms with Crippen LogP contribution in [0.3, 0.4) is 0 Å². The molecule has 2 saturated heterocycles. The molecule has 2 fully saturated rings. The van der Waals surface area contributed by atoms with Gasteiger partial charge in [0.2, 0.25) is 0 Å². The van der Waals surface area contributed by atoms with E-state index in [1.165, 1.54) is 24.3 Å². The maximum Gasteiger partial charge on any atom is 0.189 e. The maximum absolute atomic E-state index is 15.5. The molecule has 0 aliphatic carbocycles. The number of hydrogen-bond acceptors (Lipinski definition) is 7. The number of ether oxygens (including phenoxy) is 2. The Morgan fingerprint density at radius 3 is 2.37 bits per heavy atom. The molecule has 0 radical (unpaired) electrons. The Morgan fingerprint density at radius 2 is 1.66 bits per heavy atom. The summed E-state index contributed by atoms with van der Waals surface area (Å²) in [6.45, 7) is 1.88. The molecule has 3 unspecified atom stereocenters. The van der Waals surface area contributed by atoms with E-state index in [1.807, 2.05) is 0 Å². The van der Waals surface area contributed by atoms with Crippen molar-refractivity contribution in [3.8, 4) is 5.75 Å². The van der Waals surface area contributed by atoms with Gasteiger partial charge in [-0.25, -0.2) is 25.6 Å². The number of benzene rings is 2. The molecule has 3 heterocycles. The van der Waals surface area contributed by atoms with Crippen molar-refractivity contribution in [2.24, 2.45) is 5.92 Å². The summed E-state index contributed by atoms with van der Waals surface area (Å²) < 4.78 is 94.3. The molecule has 0 N–H and O–H groups in total. The van der Waals surface area contributed by atoms with Gasteiger partial charge in [-0.05, 0) is 75.2 Å². The second kappa shape index (κ2) is 10.6. The molecule has 7 nitrogen and oxygen atoms in total. The minimum Gasteiger partial charge on any atom is -0.490 e. The van der Waals surface area contributed by atoms with Crippen LogP contribution in [0.4, 0.5) is 8.78 Å². The van der Waals surface area contributed by atoms with Crippen LogP contribution in [0.1, 0.15) is 31.2 Å². The van der Waals surface area contributed by atoms with Gasteiger partial charge in [-0.3, -0.25) is 0 Å². The fourth-order valence-corrected chi connectivity index (χ4v) is 9.81. The van der Waals surface area contributed by atoms with E-state index in [0.717, 1.165) is 38.1 Å². The lowest BCUT2D eigenvalue weighted by atomic mass is 9.75. The number of fused-ring (bicyclic) bond motifs is 3. The lowest BCUT2D eigenvalue weighted by Gasteiger charge is -2.50. The molecule has 5 rings (SSSR count). The van der Waals surface area contributed by atoms with Crippen LogP contribution < -0.4 is 4.74 Å². The number of halogens is 3. The van der Waals surface area contributed by atoms with E-state index in [1.54, 1.807) is 0 Å². The second-order valence-electron chi connectivity index (χ2n) is 10.1. The molecule has 0 bridgehead atoms. The summed E-state index contributed by atoms with van der Waals surface area (Å²) in [5.74, 6) is -3.37. The largest absolute Gasteiger partial charge is 0.490 e. The van der Waals surface area contributed by atoms with Crippen LogP contribution in [0.25, 0.3) is 0 Å². The third-order valence-corrected chi connectivity index (χ3v) is 12.5. The molecule has 0 spiro atoms. The number of nitrogens with zero attached hydrogens (tertiary/aromatic N) is 1. The fourth-order valence-electron chi connectivity index (χ4n) is 6.01. The van der Waals surface area contributed by atoms with Crippen LogP contribution >= 0.6 is 11.6 Å². The Kier molecular flexibility index (Phi) is 7.78. The Bertz CT molecular complexity index is 1400. The molecule has 2 aromatic rings. The van der Waals surface area contributed by atoms with E-state index in [9.17, 15) is 21.2 Å². The van der Waals surface area contributed by atoms with Crippen molar-refractivity contribution >= 4 is 31.3 Å². The number of likely N-dealkylation sites (tertiary alicyclic amines) is 1. The summed E-state index contributed by atoms with van der Waals surface area (Å²) in [7, 11) is -7.80. The highest BCUT2D eigenvalue weighted by Gasteiger charge is 2.61. The summed E-state index contributed by atoms with van der Waals surface area (Å²) >= 11 is 5.98. The molecule has 3 atom stereocenters. The van der Waals surface area contributed by atoms with E-state index >= 15 is 4.39 Å². The first-order valence-corrected chi connectivity index (χ1v) is 16.4. The van der Waals surface area contributed by atoms with Crippen LogP contribution in [-0.4, -0.2) is 72.2 Å². The second-order valence-corrected chi connectivity index (χ2v) is 15.1. The topological polar surface area (TPSA) is 90.0 Å². The third kappa shape index (κ3) is 4.96. The van der Waals surface area contributed by atoms with Crippen LogP contribution in [-0.2, 0) is 29.2 Å². The van der Waals surface area contributed by atoms with Crippen LogP contribution in [0.2, 0.25) is 5.02 Å². The SMILES string of the molecule is O=S(=O)(CCC1OCCC2(S(=O)(=O)c3ccc(Cl)cc3)c3c(F)ccc(F)c3OCC12)CCN1CCCC1. The molecular weight excluding hydrogens is 560 g/mol. The number of hydrogen-bond donors (Lipinski definition) is 0. The quantitative estimate of drug-likeness (QED) is 0.460. The summed E-state index contributed by atoms with van der Waals surface area (Å²) in [5.41, 5.74) is -0.367. The summed E-state index contributed by atoms with van der Waals surface area (Å²) in [5, 5.41) is 0.326. The molecule has 38 heavy (non-hydrogen) atoms. The predicted octanol–water partition coefficient (Wildman–Crippen LogP) is 3.99. The van der Waals surface area contributed by atoms with Crippen molar-refractivity contribution < 1.29 is 35.1 Å². The van der Waals surface area contributed by atoms with Crippen LogP contribution in [0.15, 0.2) is 41.3 Å². The molecule has 208 valence electrons. The minimum atomic E-state index is -4.34. The standard InChI is InChI=1S/C26H30ClF2NO6S2/c27-18-3-5-19(6-4-18)38(33,34)26-10-14-35-23(9-15-37(31,32)16-13-30-11-1-2-12-30)20(26)17-36-25-22(29)8-7-21(28)24(25)26/h3-8,20,23H,1-2,9-17H2. The first kappa shape index (κ1) is 27.8. The molecule has 3 aliphatic rings. The molecular formula is C26H30ClF2NO6S2. The van der Waals surface area contributed by atoms with Gasteiger partial charge < -0.3 is 14.4 Å². The Labute approximate surface area is 226 Å². The van der Waals surface area contributed by atoms with Gasteiger partial charge in [0.05, 0.1) is 34.7 Å². The molecule has 12 heteroatoms. The molecule has 3 aliphatic heterocycles. The zero-order valence-corrected chi connectivity index (χ0v) is 23.1. The summed E-state index contributed by atoms with van der Waals surface area (Å²) in [6.07, 6.45) is 1.13. The van der Waals surface area contributed by atoms with E-state index in [0.29, 0.717) is 11.6 Å². The molecule has 0 amide bonds. The smallest absolute Gasteiger partial charge is 0.189 e. The first-order chi connectivity index (χ1) is 18.0. The molecule has 0 saturated carbocycles. The highest BCUT2D eigenvalue weighted by Crippen LogP contribution is 2.55. The average molecular weight is 590 g/mol. The van der Waals surface area contributed by atoms with Crippen molar-refractivity contribution in [1.82, 2.24) is 4.90 Å². The van der Waals surface area contributed by atoms with E-state index in [2.05, 4.69) is 4.90 Å². The summed E-state index contributed by atoms with van der Waals surface area (Å²) in [4.78, 5) is 2.02. The highest BCUT2D eigenvalue weighted by atomic mass is 35.5. The predicted molar refractivity (Wildman–Crippen MR) is 139 cm³/mol. The Morgan fingerprint density at radius 1 is 0.974 bits per heavy atom. The van der Waals surface area contributed by atoms with Gasteiger partial charge in [0.1, 0.15) is 10.6 Å². The zero-order chi connectivity index (χ0) is 27.1. The fraction of sp³-hybridized carbons (Fsp3) is 0.538. The monoisotopic (exact) mass is 589 g/mol. The van der Waals surface area contributed by atoms with Gasteiger partial charge in [0.25, 0.3) is 0 Å². The van der Waals surface area contributed by atoms with Gasteiger partial charge in [-0.2, -0.15) is 0 Å². The van der Waals surface area contributed by atoms with Crippen LogP contribution in [0.5, 0.6) is 5.75 Å². The van der Waals surface area contributed by atoms with Crippen molar-refractivity contribution in [2.75, 3.05) is 44.4 Å². The molecule has 2 aromatic carbocycles. The Hall–Kier alpha value is -1.79. The number of rotatable bonds is 8. The first-order valence-electron chi connectivity index (χ1n) is 12.7. The van der Waals surface area contributed by atoms with Crippen LogP contribution in [0, 0.1) is 17.6 Å². The van der Waals surface area contributed by atoms with Crippen molar-refractivity contribution in [2.45, 2.75) is 41.4 Å². The van der Waals surface area contributed by atoms with Crippen molar-refractivity contribution in [3.63, 3.8) is 0 Å². The Balaban J connectivity index is 1.50. The molecule has 0 aromatic heterocycles. The van der Waals surface area contributed by atoms with E-state index in [4.69, 9.17) is 21.1 Å². The average Bonchev–Trinajstić information content (AvgIpc) is 3.42. The van der Waals surface area contributed by atoms with Crippen molar-refractivity contribution in [1.29, 1.82) is 0 Å². The van der Waals surface area contributed by atoms with E-state index in [-0.39, 0.29) is 48.0 Å². The lowest BCUT2D eigenvalue weighted by molar-refractivity contribution is -0.0732. The van der Waals surface area contributed by atoms with Gasteiger partial charge in [-0.1, -0.05) is 11.6 Å². The van der Waals surface area contributed by atoms with Gasteiger partial charge >= 0.3 is 0 Å². The summed E-state index contributed by atoms with van der Waals surface area (Å²) in [6, 6.07) is 7.32. The minimum absolute atomic E-state index is 0.00221. The van der Waals surface area contributed by atoms with Gasteiger partial charge in [0.15, 0.2) is 31.2 Å². The highest BCUT2D eigenvalue weighted by molar-refractivity contribution is 7.92. The maximum atomic E-state index is 15.5. The zero-order valence-electron chi connectivity index (χ0n) is 20.7. The normalized spacial score (nSPS) is 26.0. The number of sulfone groups is 2. The van der Waals surface area contributed by atoms with Crippen molar-refractivity contribution in [3.05, 3.63) is 58.6 Å². The third-order valence-electron chi connectivity index (χ3n) is 7.98. The van der Waals surface area contributed by atoms with E-state index < -0.39 is 53.8 Å².